The van der Waals surface area contributed by atoms with Crippen molar-refractivity contribution in [1.29, 1.82) is 0 Å². The lowest BCUT2D eigenvalue weighted by molar-refractivity contribution is -0.117. The zero-order chi connectivity index (χ0) is 21.1. The van der Waals surface area contributed by atoms with E-state index in [1.54, 1.807) is 0 Å². The van der Waals surface area contributed by atoms with E-state index in [0.717, 1.165) is 48.3 Å². The molecule has 1 aliphatic carbocycles. The number of rotatable bonds is 4. The Morgan fingerprint density at radius 1 is 0.900 bits per heavy atom. The van der Waals surface area contributed by atoms with Gasteiger partial charge in [0.2, 0.25) is 5.91 Å². The summed E-state index contributed by atoms with van der Waals surface area (Å²) in [7, 11) is 0. The number of carbonyl (C=O) groups excluding carboxylic acids is 2. The van der Waals surface area contributed by atoms with Crippen molar-refractivity contribution in [3.8, 4) is 0 Å². The molecule has 2 aromatic rings. The van der Waals surface area contributed by atoms with Crippen molar-refractivity contribution in [3.05, 3.63) is 64.2 Å². The molecule has 5 heteroatoms. The molecule has 158 valence electrons. The van der Waals surface area contributed by atoms with Crippen LogP contribution in [0.1, 0.15) is 45.5 Å². The minimum Gasteiger partial charge on any atom is -0.336 e. The molecule has 0 aromatic heterocycles. The van der Waals surface area contributed by atoms with Gasteiger partial charge in [-0.05, 0) is 73.9 Å². The number of amides is 2. The van der Waals surface area contributed by atoms with Crippen molar-refractivity contribution < 1.29 is 9.59 Å². The summed E-state index contributed by atoms with van der Waals surface area (Å²) in [5, 5.41) is 3.05. The third kappa shape index (κ3) is 4.57. The maximum atomic E-state index is 13.0. The molecule has 2 amide bonds. The molecular weight excluding hydrogens is 374 g/mol. The predicted octanol–water partition coefficient (Wildman–Crippen LogP) is 3.58. The maximum absolute atomic E-state index is 13.0. The second kappa shape index (κ2) is 9.00. The largest absolute Gasteiger partial charge is 0.336 e. The predicted molar refractivity (Wildman–Crippen MR) is 120 cm³/mol. The number of piperazine rings is 1. The fourth-order valence-corrected chi connectivity index (χ4v) is 4.55. The minimum absolute atomic E-state index is 0.00173. The Morgan fingerprint density at radius 2 is 1.57 bits per heavy atom. The summed E-state index contributed by atoms with van der Waals surface area (Å²) in [6.45, 7) is 7.13. The highest BCUT2D eigenvalue weighted by atomic mass is 16.2. The van der Waals surface area contributed by atoms with Gasteiger partial charge in [0.1, 0.15) is 0 Å². The lowest BCUT2D eigenvalue weighted by atomic mass is 9.90. The first-order chi connectivity index (χ1) is 14.5. The fourth-order valence-electron chi connectivity index (χ4n) is 4.55. The first-order valence-electron chi connectivity index (χ1n) is 11.0. The molecule has 0 bridgehead atoms. The molecule has 0 spiro atoms. The van der Waals surface area contributed by atoms with Crippen molar-refractivity contribution in [2.24, 2.45) is 0 Å². The minimum atomic E-state index is 0.00173. The molecule has 2 aliphatic rings. The van der Waals surface area contributed by atoms with Crippen LogP contribution in [0.4, 0.5) is 5.69 Å². The Bertz CT molecular complexity index is 925. The molecule has 5 nitrogen and oxygen atoms in total. The zero-order valence-electron chi connectivity index (χ0n) is 18.0. The van der Waals surface area contributed by atoms with Gasteiger partial charge in [0.15, 0.2) is 0 Å². The van der Waals surface area contributed by atoms with E-state index >= 15 is 0 Å². The van der Waals surface area contributed by atoms with Gasteiger partial charge in [-0.25, -0.2) is 0 Å². The molecule has 30 heavy (non-hydrogen) atoms. The van der Waals surface area contributed by atoms with Gasteiger partial charge in [0.05, 0.1) is 6.54 Å². The van der Waals surface area contributed by atoms with Crippen LogP contribution < -0.4 is 5.32 Å². The van der Waals surface area contributed by atoms with Gasteiger partial charge in [-0.1, -0.05) is 24.3 Å². The molecule has 1 heterocycles. The Balaban J connectivity index is 1.30. The molecule has 1 N–H and O–H groups in total. The number of carbonyl (C=O) groups is 2. The molecule has 4 rings (SSSR count). The molecule has 1 fully saturated rings. The fraction of sp³-hybridized carbons (Fsp3) is 0.440. The van der Waals surface area contributed by atoms with Crippen LogP contribution in [0.2, 0.25) is 0 Å². The van der Waals surface area contributed by atoms with Crippen molar-refractivity contribution in [2.45, 2.75) is 39.5 Å². The van der Waals surface area contributed by atoms with E-state index < -0.39 is 0 Å². The van der Waals surface area contributed by atoms with E-state index in [1.165, 1.54) is 24.0 Å². The van der Waals surface area contributed by atoms with E-state index in [0.29, 0.717) is 19.6 Å². The van der Waals surface area contributed by atoms with Crippen LogP contribution in [0.25, 0.3) is 0 Å². The smallest absolute Gasteiger partial charge is 0.253 e. The number of hydrogen-bond acceptors (Lipinski definition) is 3. The highest BCUT2D eigenvalue weighted by Gasteiger charge is 2.24. The molecule has 0 unspecified atom stereocenters. The highest BCUT2D eigenvalue weighted by molar-refractivity contribution is 5.95. The summed E-state index contributed by atoms with van der Waals surface area (Å²) in [6.07, 6.45) is 4.68. The number of anilines is 1. The lowest BCUT2D eigenvalue weighted by Gasteiger charge is -2.34. The van der Waals surface area contributed by atoms with Crippen molar-refractivity contribution in [2.75, 3.05) is 38.0 Å². The summed E-state index contributed by atoms with van der Waals surface area (Å²) < 4.78 is 0. The van der Waals surface area contributed by atoms with Gasteiger partial charge in [0, 0.05) is 37.4 Å². The second-order valence-electron chi connectivity index (χ2n) is 8.57. The van der Waals surface area contributed by atoms with Crippen LogP contribution in [0, 0.1) is 13.8 Å². The van der Waals surface area contributed by atoms with Gasteiger partial charge in [-0.2, -0.15) is 0 Å². The normalized spacial score (nSPS) is 16.8. The van der Waals surface area contributed by atoms with E-state index in [2.05, 4.69) is 22.3 Å². The Kier molecular flexibility index (Phi) is 6.18. The van der Waals surface area contributed by atoms with Crippen LogP contribution >= 0.6 is 0 Å². The zero-order valence-corrected chi connectivity index (χ0v) is 18.0. The van der Waals surface area contributed by atoms with Gasteiger partial charge in [0.25, 0.3) is 5.91 Å². The summed E-state index contributed by atoms with van der Waals surface area (Å²) >= 11 is 0. The van der Waals surface area contributed by atoms with Crippen LogP contribution in [0.15, 0.2) is 36.4 Å². The van der Waals surface area contributed by atoms with E-state index in [4.69, 9.17) is 0 Å². The Morgan fingerprint density at radius 3 is 2.27 bits per heavy atom. The van der Waals surface area contributed by atoms with Gasteiger partial charge >= 0.3 is 0 Å². The molecule has 2 aromatic carbocycles. The van der Waals surface area contributed by atoms with E-state index in [9.17, 15) is 9.59 Å². The lowest BCUT2D eigenvalue weighted by Crippen LogP contribution is -2.50. The molecular formula is C25H31N3O2. The molecule has 1 aliphatic heterocycles. The quantitative estimate of drug-likeness (QED) is 0.846. The number of para-hydroxylation sites is 1. The standard InChI is InChI=1S/C25H31N3O2/c1-18-6-5-7-19(2)24(18)26-23(29)17-27-12-14-28(15-13-27)25(30)22-11-10-20-8-3-4-9-21(20)16-22/h5-7,10-11,16H,3-4,8-9,12-15,17H2,1-2H3,(H,26,29). The van der Waals surface area contributed by atoms with Crippen LogP contribution in [0.5, 0.6) is 0 Å². The number of nitrogens with zero attached hydrogens (tertiary/aromatic N) is 2. The topological polar surface area (TPSA) is 52.7 Å². The maximum Gasteiger partial charge on any atom is 0.253 e. The van der Waals surface area contributed by atoms with E-state index in [1.807, 2.05) is 43.0 Å². The van der Waals surface area contributed by atoms with Crippen LogP contribution in [0.3, 0.4) is 0 Å². The summed E-state index contributed by atoms with van der Waals surface area (Å²) in [5.74, 6) is 0.116. The highest BCUT2D eigenvalue weighted by Crippen LogP contribution is 2.23. The van der Waals surface area contributed by atoms with Gasteiger partial charge in [-0.3, -0.25) is 14.5 Å². The number of benzene rings is 2. The molecule has 0 radical (unpaired) electrons. The van der Waals surface area contributed by atoms with Crippen LogP contribution in [-0.2, 0) is 17.6 Å². The summed E-state index contributed by atoms with van der Waals surface area (Å²) in [4.78, 5) is 29.5. The molecule has 1 saturated heterocycles. The van der Waals surface area contributed by atoms with Crippen molar-refractivity contribution >= 4 is 17.5 Å². The average molecular weight is 406 g/mol. The average Bonchev–Trinajstić information content (AvgIpc) is 2.76. The van der Waals surface area contributed by atoms with Crippen LogP contribution in [-0.4, -0.2) is 54.3 Å². The third-order valence-electron chi connectivity index (χ3n) is 6.37. The summed E-state index contributed by atoms with van der Waals surface area (Å²) in [5.41, 5.74) is 6.60. The molecule has 0 saturated carbocycles. The number of nitrogens with one attached hydrogen (secondary N) is 1. The Hall–Kier alpha value is -2.66. The number of aryl methyl sites for hydroxylation is 4. The van der Waals surface area contributed by atoms with E-state index in [-0.39, 0.29) is 11.8 Å². The van der Waals surface area contributed by atoms with Gasteiger partial charge < -0.3 is 10.2 Å². The van der Waals surface area contributed by atoms with Crippen molar-refractivity contribution in [3.63, 3.8) is 0 Å². The monoisotopic (exact) mass is 405 g/mol. The second-order valence-corrected chi connectivity index (χ2v) is 8.57. The number of hydrogen-bond donors (Lipinski definition) is 1. The first-order valence-corrected chi connectivity index (χ1v) is 11.0. The summed E-state index contributed by atoms with van der Waals surface area (Å²) in [6, 6.07) is 12.2. The number of fused-ring (bicyclic) bond motifs is 1. The molecule has 0 atom stereocenters. The SMILES string of the molecule is Cc1cccc(C)c1NC(=O)CN1CCN(C(=O)c2ccc3c(c2)CCCC3)CC1. The Labute approximate surface area is 179 Å². The first kappa shape index (κ1) is 20.6. The van der Waals surface area contributed by atoms with Crippen molar-refractivity contribution in [1.82, 2.24) is 9.80 Å². The van der Waals surface area contributed by atoms with Gasteiger partial charge in [-0.15, -0.1) is 0 Å². The third-order valence-corrected chi connectivity index (χ3v) is 6.37.